The third kappa shape index (κ3) is 2.04. The average molecular weight is 303 g/mol. The van der Waals surface area contributed by atoms with Crippen LogP contribution in [0.2, 0.25) is 0 Å². The van der Waals surface area contributed by atoms with Crippen LogP contribution in [-0.2, 0) is 9.53 Å². The van der Waals surface area contributed by atoms with Gasteiger partial charge in [0.15, 0.2) is 0 Å². The summed E-state index contributed by atoms with van der Waals surface area (Å²) in [4.78, 5) is 23.2. The predicted molar refractivity (Wildman–Crippen MR) is 59.5 cm³/mol. The maximum absolute atomic E-state index is 13.3. The second-order valence-electron chi connectivity index (χ2n) is 3.38. The molecule has 6 heteroatoms. The highest BCUT2D eigenvalue weighted by atomic mass is 79.9. The summed E-state index contributed by atoms with van der Waals surface area (Å²) >= 11 is 2.97. The van der Waals surface area contributed by atoms with Gasteiger partial charge in [0.05, 0.1) is 16.6 Å². The van der Waals surface area contributed by atoms with Crippen LogP contribution in [-0.4, -0.2) is 24.5 Å². The monoisotopic (exact) mass is 302 g/mol. The Morgan fingerprint density at radius 1 is 1.59 bits per heavy atom. The van der Waals surface area contributed by atoms with Gasteiger partial charge in [-0.15, -0.1) is 0 Å². The highest BCUT2D eigenvalue weighted by molar-refractivity contribution is 9.10. The van der Waals surface area contributed by atoms with E-state index in [4.69, 9.17) is 9.47 Å². The Morgan fingerprint density at radius 3 is 2.94 bits per heavy atom. The Kier molecular flexibility index (Phi) is 3.15. The Hall–Kier alpha value is -1.43. The van der Waals surface area contributed by atoms with Crippen molar-refractivity contribution in [3.63, 3.8) is 0 Å². The normalized spacial score (nSPS) is 17.6. The van der Waals surface area contributed by atoms with E-state index < -0.39 is 23.7 Å². The molecule has 1 aromatic carbocycles. The predicted octanol–water partition coefficient (Wildman–Crippen LogP) is 2.10. The SMILES string of the molecule is CCOC(=O)C1Oc2cc(Br)c(F)cc2C1=O. The van der Waals surface area contributed by atoms with Crippen LogP contribution in [0.5, 0.6) is 5.75 Å². The van der Waals surface area contributed by atoms with Crippen LogP contribution in [0.25, 0.3) is 0 Å². The van der Waals surface area contributed by atoms with E-state index in [2.05, 4.69) is 15.9 Å². The van der Waals surface area contributed by atoms with E-state index in [1.807, 2.05) is 0 Å². The van der Waals surface area contributed by atoms with Crippen molar-refractivity contribution in [2.45, 2.75) is 13.0 Å². The van der Waals surface area contributed by atoms with Crippen LogP contribution in [0, 0.1) is 5.82 Å². The maximum Gasteiger partial charge on any atom is 0.355 e. The smallest absolute Gasteiger partial charge is 0.355 e. The minimum atomic E-state index is -1.32. The molecule has 0 bridgehead atoms. The molecule has 0 radical (unpaired) electrons. The van der Waals surface area contributed by atoms with Crippen LogP contribution < -0.4 is 4.74 Å². The summed E-state index contributed by atoms with van der Waals surface area (Å²) < 4.78 is 23.3. The Labute approximate surface area is 105 Å². The third-order valence-electron chi connectivity index (χ3n) is 2.27. The van der Waals surface area contributed by atoms with E-state index >= 15 is 0 Å². The minimum absolute atomic E-state index is 0.0590. The highest BCUT2D eigenvalue weighted by Crippen LogP contribution is 2.33. The summed E-state index contributed by atoms with van der Waals surface area (Å²) in [6.07, 6.45) is -1.32. The van der Waals surface area contributed by atoms with Crippen molar-refractivity contribution >= 4 is 27.7 Å². The molecule has 1 atom stereocenters. The number of hydrogen-bond donors (Lipinski definition) is 0. The molecule has 0 spiro atoms. The number of fused-ring (bicyclic) bond motifs is 1. The van der Waals surface area contributed by atoms with E-state index in [0.29, 0.717) is 0 Å². The molecule has 0 amide bonds. The van der Waals surface area contributed by atoms with Crippen molar-refractivity contribution in [2.75, 3.05) is 6.61 Å². The van der Waals surface area contributed by atoms with Crippen LogP contribution >= 0.6 is 15.9 Å². The van der Waals surface area contributed by atoms with Gasteiger partial charge in [0, 0.05) is 0 Å². The first-order valence-corrected chi connectivity index (χ1v) is 5.70. The second-order valence-corrected chi connectivity index (χ2v) is 4.23. The zero-order valence-electron chi connectivity index (χ0n) is 8.83. The van der Waals surface area contributed by atoms with Gasteiger partial charge in [0.25, 0.3) is 6.10 Å². The zero-order chi connectivity index (χ0) is 12.6. The molecule has 1 aliphatic rings. The van der Waals surface area contributed by atoms with Crippen molar-refractivity contribution < 1.29 is 23.5 Å². The molecule has 1 aliphatic heterocycles. The van der Waals surface area contributed by atoms with Crippen molar-refractivity contribution in [3.05, 3.63) is 28.0 Å². The number of esters is 1. The number of Topliss-reactive ketones (excluding diaryl/α,β-unsaturated/α-hetero) is 1. The fourth-order valence-corrected chi connectivity index (χ4v) is 1.84. The number of carbonyl (C=O) groups excluding carboxylic acids is 2. The van der Waals surface area contributed by atoms with Gasteiger partial charge in [-0.25, -0.2) is 9.18 Å². The number of ketones is 1. The van der Waals surface area contributed by atoms with E-state index in [1.54, 1.807) is 6.92 Å². The first-order chi connectivity index (χ1) is 8.04. The first-order valence-electron chi connectivity index (χ1n) is 4.91. The summed E-state index contributed by atoms with van der Waals surface area (Å²) in [5, 5.41) is 0. The van der Waals surface area contributed by atoms with Crippen molar-refractivity contribution in [1.82, 2.24) is 0 Å². The largest absolute Gasteiger partial charge is 0.470 e. The van der Waals surface area contributed by atoms with Crippen molar-refractivity contribution in [3.8, 4) is 5.75 Å². The summed E-state index contributed by atoms with van der Waals surface area (Å²) in [7, 11) is 0. The molecule has 4 nitrogen and oxygen atoms in total. The summed E-state index contributed by atoms with van der Waals surface area (Å²) in [5.41, 5.74) is 0.0590. The van der Waals surface area contributed by atoms with E-state index in [1.165, 1.54) is 6.07 Å². The number of carbonyl (C=O) groups is 2. The van der Waals surface area contributed by atoms with Gasteiger partial charge in [-0.1, -0.05) is 0 Å². The quantitative estimate of drug-likeness (QED) is 0.620. The molecule has 1 unspecified atom stereocenters. The molecule has 1 heterocycles. The summed E-state index contributed by atoms with van der Waals surface area (Å²) in [6, 6.07) is 2.36. The lowest BCUT2D eigenvalue weighted by molar-refractivity contribution is -0.148. The van der Waals surface area contributed by atoms with Crippen molar-refractivity contribution in [1.29, 1.82) is 0 Å². The summed E-state index contributed by atoms with van der Waals surface area (Å²) in [5.74, 6) is -1.73. The lowest BCUT2D eigenvalue weighted by Gasteiger charge is -2.07. The fraction of sp³-hybridized carbons (Fsp3) is 0.273. The lowest BCUT2D eigenvalue weighted by atomic mass is 10.1. The van der Waals surface area contributed by atoms with Gasteiger partial charge in [-0.05, 0) is 35.0 Å². The maximum atomic E-state index is 13.3. The Morgan fingerprint density at radius 2 is 2.29 bits per heavy atom. The number of ether oxygens (including phenoxy) is 2. The molecule has 0 N–H and O–H groups in total. The van der Waals surface area contributed by atoms with E-state index in [0.717, 1.165) is 6.07 Å². The molecule has 1 aromatic rings. The van der Waals surface area contributed by atoms with E-state index in [9.17, 15) is 14.0 Å². The number of benzene rings is 1. The molecule has 0 aliphatic carbocycles. The van der Waals surface area contributed by atoms with Crippen LogP contribution in [0.1, 0.15) is 17.3 Å². The van der Waals surface area contributed by atoms with E-state index in [-0.39, 0.29) is 22.4 Å². The molecule has 17 heavy (non-hydrogen) atoms. The molecule has 0 aromatic heterocycles. The van der Waals surface area contributed by atoms with Gasteiger partial charge >= 0.3 is 5.97 Å². The first kappa shape index (κ1) is 12.0. The molecule has 0 saturated carbocycles. The van der Waals surface area contributed by atoms with Crippen molar-refractivity contribution in [2.24, 2.45) is 0 Å². The highest BCUT2D eigenvalue weighted by Gasteiger charge is 2.39. The lowest BCUT2D eigenvalue weighted by Crippen LogP contribution is -2.32. The number of hydrogen-bond acceptors (Lipinski definition) is 4. The number of rotatable bonds is 2. The van der Waals surface area contributed by atoms with Crippen LogP contribution in [0.3, 0.4) is 0 Å². The number of halogens is 2. The topological polar surface area (TPSA) is 52.6 Å². The van der Waals surface area contributed by atoms with Gasteiger partial charge in [0.1, 0.15) is 11.6 Å². The molecular weight excluding hydrogens is 295 g/mol. The van der Waals surface area contributed by atoms with Gasteiger partial charge in [-0.3, -0.25) is 4.79 Å². The Bertz CT molecular complexity index is 500. The fourth-order valence-electron chi connectivity index (χ4n) is 1.51. The average Bonchev–Trinajstić information content (AvgIpc) is 2.58. The third-order valence-corrected chi connectivity index (χ3v) is 2.88. The minimum Gasteiger partial charge on any atom is -0.470 e. The second kappa shape index (κ2) is 4.44. The van der Waals surface area contributed by atoms with Crippen LogP contribution in [0.4, 0.5) is 4.39 Å². The van der Waals surface area contributed by atoms with Crippen LogP contribution in [0.15, 0.2) is 16.6 Å². The Balaban J connectivity index is 2.33. The van der Waals surface area contributed by atoms with Gasteiger partial charge in [0.2, 0.25) is 5.78 Å². The molecule has 90 valence electrons. The molecule has 2 rings (SSSR count). The zero-order valence-corrected chi connectivity index (χ0v) is 10.4. The van der Waals surface area contributed by atoms with Gasteiger partial charge in [-0.2, -0.15) is 0 Å². The molecule has 0 fully saturated rings. The summed E-state index contributed by atoms with van der Waals surface area (Å²) in [6.45, 7) is 1.78. The van der Waals surface area contributed by atoms with Gasteiger partial charge < -0.3 is 9.47 Å². The standard InChI is InChI=1S/C11H8BrFO4/c1-2-16-11(15)10-9(14)5-3-7(13)6(12)4-8(5)17-10/h3-4,10H,2H2,1H3. The molecule has 0 saturated heterocycles. The molecular formula is C11H8BrFO4.